The maximum atomic E-state index is 13.1. The predicted octanol–water partition coefficient (Wildman–Crippen LogP) is 21.2. The van der Waals surface area contributed by atoms with E-state index in [4.69, 9.17) is 37.0 Å². The fourth-order valence-corrected chi connectivity index (χ4v) is 12.7. The van der Waals surface area contributed by atoms with Crippen LogP contribution in [0, 0.1) is 11.8 Å². The van der Waals surface area contributed by atoms with Gasteiger partial charge in [0.05, 0.1) is 26.4 Å². The molecule has 17 nitrogen and oxygen atoms in total. The Labute approximate surface area is 562 Å². The van der Waals surface area contributed by atoms with E-state index < -0.39 is 97.5 Å². The molecule has 546 valence electrons. The lowest BCUT2D eigenvalue weighted by Crippen LogP contribution is -2.30. The summed E-state index contributed by atoms with van der Waals surface area (Å²) in [6.45, 7) is 9.50. The Morgan fingerprint density at radius 2 is 0.500 bits per heavy atom. The minimum absolute atomic E-state index is 0.107. The zero-order valence-electron chi connectivity index (χ0n) is 59.9. The Hall–Kier alpha value is -1.94. The van der Waals surface area contributed by atoms with Gasteiger partial charge in [-0.2, -0.15) is 0 Å². The Kier molecular flexibility index (Phi) is 63.7. The van der Waals surface area contributed by atoms with Crippen LogP contribution in [0.2, 0.25) is 0 Å². The highest BCUT2D eigenvalue weighted by molar-refractivity contribution is 7.47. The molecule has 5 atom stereocenters. The lowest BCUT2D eigenvalue weighted by Gasteiger charge is -2.21. The number of aliphatic hydroxyl groups is 1. The molecule has 0 heterocycles. The molecule has 0 rings (SSSR count). The van der Waals surface area contributed by atoms with Crippen LogP contribution in [0.5, 0.6) is 0 Å². The van der Waals surface area contributed by atoms with Crippen molar-refractivity contribution in [2.24, 2.45) is 11.8 Å². The summed E-state index contributed by atoms with van der Waals surface area (Å²) in [6.07, 6.45) is 51.4. The van der Waals surface area contributed by atoms with Crippen LogP contribution in [0.3, 0.4) is 0 Å². The van der Waals surface area contributed by atoms with Crippen molar-refractivity contribution >= 4 is 39.5 Å². The fourth-order valence-electron chi connectivity index (χ4n) is 11.1. The van der Waals surface area contributed by atoms with E-state index in [2.05, 4.69) is 41.5 Å². The van der Waals surface area contributed by atoms with Crippen LogP contribution in [0.25, 0.3) is 0 Å². The third-order valence-corrected chi connectivity index (χ3v) is 18.9. The minimum Gasteiger partial charge on any atom is -0.462 e. The molecule has 2 unspecified atom stereocenters. The van der Waals surface area contributed by atoms with Gasteiger partial charge in [-0.05, 0) is 37.5 Å². The molecule has 0 radical (unpaired) electrons. The summed E-state index contributed by atoms with van der Waals surface area (Å²) in [5.74, 6) is -0.669. The number of carbonyl (C=O) groups is 4. The molecule has 0 aromatic carbocycles. The number of phosphoric ester groups is 2. The first kappa shape index (κ1) is 90.1. The molecular formula is C73H142O17P2. The summed E-state index contributed by atoms with van der Waals surface area (Å²) in [7, 11) is -9.90. The molecule has 19 heteroatoms. The third-order valence-electron chi connectivity index (χ3n) is 17.0. The van der Waals surface area contributed by atoms with Gasteiger partial charge < -0.3 is 33.8 Å². The molecule has 0 saturated carbocycles. The number of aliphatic hydroxyl groups excluding tert-OH is 1. The number of unbranched alkanes of at least 4 members (excludes halogenated alkanes) is 42. The van der Waals surface area contributed by atoms with Gasteiger partial charge in [-0.3, -0.25) is 37.3 Å². The molecule has 0 saturated heterocycles. The van der Waals surface area contributed by atoms with Gasteiger partial charge in [0.15, 0.2) is 12.2 Å². The first-order valence-electron chi connectivity index (χ1n) is 38.0. The van der Waals surface area contributed by atoms with E-state index in [1.54, 1.807) is 0 Å². The van der Waals surface area contributed by atoms with E-state index in [-0.39, 0.29) is 25.7 Å². The van der Waals surface area contributed by atoms with Gasteiger partial charge in [0.2, 0.25) is 0 Å². The van der Waals surface area contributed by atoms with Gasteiger partial charge >= 0.3 is 39.5 Å². The summed E-state index contributed by atoms with van der Waals surface area (Å²) < 4.78 is 68.4. The van der Waals surface area contributed by atoms with Gasteiger partial charge in [0.25, 0.3) is 0 Å². The van der Waals surface area contributed by atoms with Crippen molar-refractivity contribution in [3.8, 4) is 0 Å². The highest BCUT2D eigenvalue weighted by Crippen LogP contribution is 2.45. The molecule has 0 aliphatic carbocycles. The zero-order valence-corrected chi connectivity index (χ0v) is 61.6. The van der Waals surface area contributed by atoms with Crippen molar-refractivity contribution in [1.29, 1.82) is 0 Å². The number of carbonyl (C=O) groups excluding carboxylic acids is 4. The highest BCUT2D eigenvalue weighted by Gasteiger charge is 2.30. The second-order valence-corrected chi connectivity index (χ2v) is 30.2. The van der Waals surface area contributed by atoms with Crippen LogP contribution >= 0.6 is 15.6 Å². The Bertz CT molecular complexity index is 1790. The quantitative estimate of drug-likeness (QED) is 0.0222. The van der Waals surface area contributed by atoms with Gasteiger partial charge in [-0.15, -0.1) is 0 Å². The van der Waals surface area contributed by atoms with Gasteiger partial charge in [-0.25, -0.2) is 9.13 Å². The van der Waals surface area contributed by atoms with Crippen LogP contribution < -0.4 is 0 Å². The number of hydrogen-bond acceptors (Lipinski definition) is 15. The van der Waals surface area contributed by atoms with E-state index >= 15 is 0 Å². The van der Waals surface area contributed by atoms with Crippen molar-refractivity contribution in [2.45, 2.75) is 394 Å². The molecule has 92 heavy (non-hydrogen) atoms. The molecule has 0 spiro atoms. The number of esters is 4. The normalized spacial score (nSPS) is 14.1. The lowest BCUT2D eigenvalue weighted by atomic mass is 10.0. The second-order valence-electron chi connectivity index (χ2n) is 27.3. The molecule has 0 aliphatic rings. The molecule has 0 amide bonds. The Balaban J connectivity index is 5.24. The standard InChI is InChI=1S/C73H142O17P2/c1-7-9-11-13-15-17-19-21-22-23-25-29-34-38-46-52-58-72(77)89-68(61-83-70(75)55-49-43-36-32-30-26-27-31-35-41-47-53-65(3)4)63-87-91(79,80)85-59-67(74)60-86-92(81,82)88-64-69(62-84-71(76)56-50-44-40-39-42-48-54-66(5)6)90-73(78)57-51-45-37-33-28-24-20-18-16-14-12-10-8-2/h65-69,74H,7-64H2,1-6H3,(H,79,80)(H,81,82)/t67-,68-,69-/m1/s1. The number of hydrogen-bond donors (Lipinski definition) is 3. The topological polar surface area (TPSA) is 237 Å². The monoisotopic (exact) mass is 1350 g/mol. The predicted molar refractivity (Wildman–Crippen MR) is 372 cm³/mol. The number of phosphoric acid groups is 2. The SMILES string of the molecule is CCCCCCCCCCCCCCCCCCC(=O)O[C@H](COC(=O)CCCCCCCCCCCCCC(C)C)COP(=O)(O)OC[C@@H](O)COP(=O)(O)OC[C@@H](COC(=O)CCCCCCCCC(C)C)OC(=O)CCCCCCCCCCCCCCC. The molecule has 0 aliphatic heterocycles. The average molecular weight is 1350 g/mol. The summed E-state index contributed by atoms with van der Waals surface area (Å²) in [6, 6.07) is 0. The van der Waals surface area contributed by atoms with E-state index in [1.807, 2.05) is 0 Å². The molecular weight excluding hydrogens is 1210 g/mol. The van der Waals surface area contributed by atoms with Gasteiger partial charge in [0.1, 0.15) is 19.3 Å². The Morgan fingerprint density at radius 1 is 0.293 bits per heavy atom. The smallest absolute Gasteiger partial charge is 0.462 e. The van der Waals surface area contributed by atoms with Crippen molar-refractivity contribution in [2.75, 3.05) is 39.6 Å². The minimum atomic E-state index is -4.95. The number of rotatable bonds is 72. The zero-order chi connectivity index (χ0) is 67.9. The number of ether oxygens (including phenoxy) is 4. The van der Waals surface area contributed by atoms with Crippen LogP contribution in [0.15, 0.2) is 0 Å². The van der Waals surface area contributed by atoms with Crippen LogP contribution in [-0.2, 0) is 65.4 Å². The van der Waals surface area contributed by atoms with Gasteiger partial charge in [0, 0.05) is 25.7 Å². The largest absolute Gasteiger partial charge is 0.472 e. The maximum absolute atomic E-state index is 13.1. The fraction of sp³-hybridized carbons (Fsp3) is 0.945. The van der Waals surface area contributed by atoms with E-state index in [0.717, 1.165) is 102 Å². The average Bonchev–Trinajstić information content (AvgIpc) is 1.49. The molecule has 0 aromatic rings. The van der Waals surface area contributed by atoms with Crippen molar-refractivity contribution in [3.63, 3.8) is 0 Å². The summed E-state index contributed by atoms with van der Waals surface area (Å²) >= 11 is 0. The van der Waals surface area contributed by atoms with Crippen molar-refractivity contribution in [3.05, 3.63) is 0 Å². The first-order valence-corrected chi connectivity index (χ1v) is 41.0. The van der Waals surface area contributed by atoms with E-state index in [0.29, 0.717) is 31.6 Å². The Morgan fingerprint density at radius 3 is 0.739 bits per heavy atom. The molecule has 3 N–H and O–H groups in total. The summed E-state index contributed by atoms with van der Waals surface area (Å²) in [4.78, 5) is 72.7. The summed E-state index contributed by atoms with van der Waals surface area (Å²) in [5.41, 5.74) is 0. The second kappa shape index (κ2) is 65.0. The summed E-state index contributed by atoms with van der Waals surface area (Å²) in [5, 5.41) is 10.6. The van der Waals surface area contributed by atoms with Crippen LogP contribution in [0.4, 0.5) is 0 Å². The van der Waals surface area contributed by atoms with Crippen LogP contribution in [-0.4, -0.2) is 96.7 Å². The molecule has 0 aromatic heterocycles. The highest BCUT2D eigenvalue weighted by atomic mass is 31.2. The lowest BCUT2D eigenvalue weighted by molar-refractivity contribution is -0.161. The molecule has 0 bridgehead atoms. The van der Waals surface area contributed by atoms with Crippen molar-refractivity contribution in [1.82, 2.24) is 0 Å². The first-order chi connectivity index (χ1) is 44.4. The maximum Gasteiger partial charge on any atom is 0.472 e. The van der Waals surface area contributed by atoms with E-state index in [9.17, 15) is 43.2 Å². The van der Waals surface area contributed by atoms with E-state index in [1.165, 1.54) is 186 Å². The van der Waals surface area contributed by atoms with Gasteiger partial charge in [-0.1, -0.05) is 324 Å². The third kappa shape index (κ3) is 66.7. The molecule has 0 fully saturated rings. The van der Waals surface area contributed by atoms with Crippen LogP contribution in [0.1, 0.15) is 375 Å². The van der Waals surface area contributed by atoms with Crippen molar-refractivity contribution < 1.29 is 80.2 Å².